The van der Waals surface area contributed by atoms with Gasteiger partial charge in [-0.3, -0.25) is 0 Å². The zero-order valence-electron chi connectivity index (χ0n) is 8.15. The molecule has 1 aromatic rings. The first-order chi connectivity index (χ1) is 6.86. The Kier molecular flexibility index (Phi) is 1.77. The van der Waals surface area contributed by atoms with E-state index in [9.17, 15) is 0 Å². The zero-order chi connectivity index (χ0) is 9.54. The number of hydrogen-bond acceptors (Lipinski definition) is 4. The smallest absolute Gasteiger partial charge is 0.297 e. The highest BCUT2D eigenvalue weighted by atomic mass is 16.4. The van der Waals surface area contributed by atoms with Crippen LogP contribution in [0.2, 0.25) is 0 Å². The number of fused-ring (bicyclic) bond motifs is 2. The lowest BCUT2D eigenvalue weighted by Gasteiger charge is -2.24. The minimum absolute atomic E-state index is 0.464. The van der Waals surface area contributed by atoms with E-state index in [0.717, 1.165) is 24.2 Å². The van der Waals surface area contributed by atoms with Crippen molar-refractivity contribution in [2.75, 3.05) is 11.4 Å². The third kappa shape index (κ3) is 1.14. The molecule has 2 N–H and O–H groups in total. The first-order valence-electron chi connectivity index (χ1n) is 5.28. The van der Waals surface area contributed by atoms with Crippen LogP contribution in [0.4, 0.5) is 6.01 Å². The van der Waals surface area contributed by atoms with Gasteiger partial charge in [-0.15, -0.1) is 0 Å². The van der Waals surface area contributed by atoms with Crippen molar-refractivity contribution < 1.29 is 4.42 Å². The van der Waals surface area contributed by atoms with E-state index in [1.54, 1.807) is 6.26 Å². The fourth-order valence-electron chi connectivity index (χ4n) is 2.68. The van der Waals surface area contributed by atoms with Gasteiger partial charge in [0.2, 0.25) is 0 Å². The number of aromatic nitrogens is 1. The standard InChI is InChI=1S/C10H15N3O/c11-4-8-6-14-10(12-8)13-5-7-1-2-9(13)3-7/h6-7,9H,1-5,11H2. The van der Waals surface area contributed by atoms with Crippen LogP contribution >= 0.6 is 0 Å². The van der Waals surface area contributed by atoms with E-state index in [2.05, 4.69) is 9.88 Å². The second-order valence-corrected chi connectivity index (χ2v) is 4.31. The number of nitrogens with two attached hydrogens (primary N) is 1. The molecule has 1 saturated carbocycles. The number of hydrogen-bond donors (Lipinski definition) is 1. The summed E-state index contributed by atoms with van der Waals surface area (Å²) in [6.07, 6.45) is 5.66. The van der Waals surface area contributed by atoms with Gasteiger partial charge in [0.25, 0.3) is 6.01 Å². The Hall–Kier alpha value is -1.03. The Labute approximate surface area is 83.1 Å². The molecule has 4 heteroatoms. The molecule has 76 valence electrons. The van der Waals surface area contributed by atoms with Crippen LogP contribution in [0.15, 0.2) is 10.7 Å². The predicted molar refractivity (Wildman–Crippen MR) is 52.9 cm³/mol. The van der Waals surface area contributed by atoms with Crippen LogP contribution in [0.1, 0.15) is 25.0 Å². The predicted octanol–water partition coefficient (Wildman–Crippen LogP) is 1.12. The van der Waals surface area contributed by atoms with Crippen LogP contribution in [0.25, 0.3) is 0 Å². The van der Waals surface area contributed by atoms with E-state index in [1.807, 2.05) is 0 Å². The Morgan fingerprint density at radius 3 is 3.07 bits per heavy atom. The van der Waals surface area contributed by atoms with Gasteiger partial charge in [-0.05, 0) is 25.2 Å². The summed E-state index contributed by atoms with van der Waals surface area (Å²) in [5.74, 6) is 0.869. The summed E-state index contributed by atoms with van der Waals surface area (Å²) in [5.41, 5.74) is 6.35. The third-order valence-electron chi connectivity index (χ3n) is 3.40. The van der Waals surface area contributed by atoms with Crippen molar-refractivity contribution in [1.29, 1.82) is 0 Å². The third-order valence-corrected chi connectivity index (χ3v) is 3.40. The zero-order valence-corrected chi connectivity index (χ0v) is 8.15. The lowest BCUT2D eigenvalue weighted by Crippen LogP contribution is -2.32. The van der Waals surface area contributed by atoms with Crippen LogP contribution in [-0.4, -0.2) is 17.6 Å². The molecule has 0 aromatic carbocycles. The number of oxazole rings is 1. The minimum atomic E-state index is 0.464. The lowest BCUT2D eigenvalue weighted by molar-refractivity contribution is 0.484. The Morgan fingerprint density at radius 1 is 1.57 bits per heavy atom. The molecule has 0 amide bonds. The molecule has 2 heterocycles. The number of rotatable bonds is 2. The maximum absolute atomic E-state index is 5.50. The quantitative estimate of drug-likeness (QED) is 0.764. The first kappa shape index (κ1) is 8.29. The number of piperidine rings is 1. The molecular weight excluding hydrogens is 178 g/mol. The van der Waals surface area contributed by atoms with E-state index in [-0.39, 0.29) is 0 Å². The van der Waals surface area contributed by atoms with Gasteiger partial charge in [-0.25, -0.2) is 0 Å². The summed E-state index contributed by atoms with van der Waals surface area (Å²) in [7, 11) is 0. The summed E-state index contributed by atoms with van der Waals surface area (Å²) >= 11 is 0. The molecule has 4 nitrogen and oxygen atoms in total. The highest BCUT2D eigenvalue weighted by Gasteiger charge is 2.39. The molecule has 14 heavy (non-hydrogen) atoms. The SMILES string of the molecule is NCc1coc(N2CC3CCC2C3)n1. The van der Waals surface area contributed by atoms with Gasteiger partial charge in [-0.1, -0.05) is 0 Å². The maximum atomic E-state index is 5.50. The molecule has 1 saturated heterocycles. The Bertz CT molecular complexity index is 336. The van der Waals surface area contributed by atoms with Crippen molar-refractivity contribution in [3.8, 4) is 0 Å². The average Bonchev–Trinajstić information content (AvgIpc) is 2.93. The topological polar surface area (TPSA) is 55.3 Å². The Morgan fingerprint density at radius 2 is 2.50 bits per heavy atom. The number of nitrogens with zero attached hydrogens (tertiary/aromatic N) is 2. The van der Waals surface area contributed by atoms with Crippen LogP contribution in [-0.2, 0) is 6.54 Å². The fraction of sp³-hybridized carbons (Fsp3) is 0.700. The van der Waals surface area contributed by atoms with E-state index in [0.29, 0.717) is 12.6 Å². The van der Waals surface area contributed by atoms with Crippen molar-refractivity contribution >= 4 is 6.01 Å². The summed E-state index contributed by atoms with van der Waals surface area (Å²) in [4.78, 5) is 6.66. The normalized spacial score (nSPS) is 30.2. The molecule has 0 radical (unpaired) electrons. The van der Waals surface area contributed by atoms with Gasteiger partial charge >= 0.3 is 0 Å². The minimum Gasteiger partial charge on any atom is -0.432 e. The summed E-state index contributed by atoms with van der Waals surface area (Å²) < 4.78 is 5.43. The van der Waals surface area contributed by atoms with Crippen LogP contribution in [0.3, 0.4) is 0 Å². The molecule has 2 unspecified atom stereocenters. The Balaban J connectivity index is 1.82. The van der Waals surface area contributed by atoms with Crippen LogP contribution in [0.5, 0.6) is 0 Å². The molecule has 1 aromatic heterocycles. The lowest BCUT2D eigenvalue weighted by atomic mass is 10.1. The van der Waals surface area contributed by atoms with E-state index < -0.39 is 0 Å². The van der Waals surface area contributed by atoms with Crippen molar-refractivity contribution in [2.45, 2.75) is 31.8 Å². The van der Waals surface area contributed by atoms with Crippen LogP contribution in [0, 0.1) is 5.92 Å². The molecule has 1 aliphatic heterocycles. The summed E-state index contributed by atoms with van der Waals surface area (Å²) in [6.45, 7) is 1.58. The summed E-state index contributed by atoms with van der Waals surface area (Å²) in [6, 6.07) is 1.45. The highest BCUT2D eigenvalue weighted by molar-refractivity contribution is 5.33. The van der Waals surface area contributed by atoms with Gasteiger partial charge in [0, 0.05) is 19.1 Å². The van der Waals surface area contributed by atoms with Gasteiger partial charge in [0.05, 0.1) is 5.69 Å². The largest absolute Gasteiger partial charge is 0.432 e. The number of anilines is 1. The van der Waals surface area contributed by atoms with Crippen molar-refractivity contribution in [3.05, 3.63) is 12.0 Å². The molecule has 0 spiro atoms. The molecule has 3 rings (SSSR count). The van der Waals surface area contributed by atoms with E-state index in [1.165, 1.54) is 19.3 Å². The monoisotopic (exact) mass is 193 g/mol. The fourth-order valence-corrected chi connectivity index (χ4v) is 2.68. The second kappa shape index (κ2) is 2.98. The maximum Gasteiger partial charge on any atom is 0.297 e. The van der Waals surface area contributed by atoms with Crippen molar-refractivity contribution in [3.63, 3.8) is 0 Å². The molecule has 2 fully saturated rings. The van der Waals surface area contributed by atoms with E-state index in [4.69, 9.17) is 10.2 Å². The molecule has 2 aliphatic rings. The second-order valence-electron chi connectivity index (χ2n) is 4.31. The molecule has 1 aliphatic carbocycles. The first-order valence-corrected chi connectivity index (χ1v) is 5.28. The average molecular weight is 193 g/mol. The van der Waals surface area contributed by atoms with E-state index >= 15 is 0 Å². The molecule has 2 bridgehead atoms. The van der Waals surface area contributed by atoms with Crippen molar-refractivity contribution in [1.82, 2.24) is 4.98 Å². The van der Waals surface area contributed by atoms with Gasteiger partial charge < -0.3 is 15.1 Å². The molecule has 2 atom stereocenters. The van der Waals surface area contributed by atoms with Gasteiger partial charge in [0.1, 0.15) is 6.26 Å². The van der Waals surface area contributed by atoms with Crippen LogP contribution < -0.4 is 10.6 Å². The van der Waals surface area contributed by atoms with Gasteiger partial charge in [0.15, 0.2) is 0 Å². The molecular formula is C10H15N3O. The van der Waals surface area contributed by atoms with Crippen molar-refractivity contribution in [2.24, 2.45) is 11.7 Å². The summed E-state index contributed by atoms with van der Waals surface area (Å²) in [5, 5.41) is 0. The van der Waals surface area contributed by atoms with Gasteiger partial charge in [-0.2, -0.15) is 4.98 Å². The highest BCUT2D eigenvalue weighted by Crippen LogP contribution is 2.39.